The zero-order valence-corrected chi connectivity index (χ0v) is 16.0. The summed E-state index contributed by atoms with van der Waals surface area (Å²) in [5, 5.41) is 2.11. The van der Waals surface area contributed by atoms with E-state index in [4.69, 9.17) is 4.74 Å². The lowest BCUT2D eigenvalue weighted by Gasteiger charge is -2.28. The predicted molar refractivity (Wildman–Crippen MR) is 103 cm³/mol. The summed E-state index contributed by atoms with van der Waals surface area (Å²) >= 11 is 1.74. The van der Waals surface area contributed by atoms with Crippen LogP contribution >= 0.6 is 11.3 Å². The molecule has 4 rings (SSSR count). The third kappa shape index (κ3) is 3.49. The average Bonchev–Trinajstić information content (AvgIpc) is 3.23. The molecule has 0 bridgehead atoms. The van der Waals surface area contributed by atoms with E-state index in [1.807, 2.05) is 18.2 Å². The fraction of sp³-hybridized carbons (Fsp3) is 0.450. The molecule has 2 atom stereocenters. The number of benzene rings is 1. The average molecular weight is 372 g/mol. The van der Waals surface area contributed by atoms with E-state index in [-0.39, 0.29) is 17.9 Å². The van der Waals surface area contributed by atoms with E-state index in [0.717, 1.165) is 30.7 Å². The summed E-state index contributed by atoms with van der Waals surface area (Å²) < 4.78 is 5.35. The van der Waals surface area contributed by atoms with Crippen molar-refractivity contribution in [2.24, 2.45) is 5.92 Å². The van der Waals surface area contributed by atoms with E-state index in [1.165, 1.54) is 10.4 Å². The van der Waals surface area contributed by atoms with Gasteiger partial charge < -0.3 is 9.64 Å². The van der Waals surface area contributed by atoms with Crippen molar-refractivity contribution in [3.05, 3.63) is 51.7 Å². The molecule has 6 heteroatoms. The van der Waals surface area contributed by atoms with Gasteiger partial charge in [-0.2, -0.15) is 0 Å². The smallest absolute Gasteiger partial charge is 0.229 e. The van der Waals surface area contributed by atoms with Crippen LogP contribution in [0, 0.1) is 12.8 Å². The number of carbonyl (C=O) groups excluding carboxylic acids is 1. The van der Waals surface area contributed by atoms with Crippen LogP contribution in [0.2, 0.25) is 0 Å². The quantitative estimate of drug-likeness (QED) is 0.820. The Bertz CT molecular complexity index is 787. The van der Waals surface area contributed by atoms with Gasteiger partial charge in [-0.15, -0.1) is 11.3 Å². The van der Waals surface area contributed by atoms with E-state index >= 15 is 0 Å². The molecular weight excluding hydrogens is 346 g/mol. The molecule has 2 fully saturated rings. The van der Waals surface area contributed by atoms with Crippen molar-refractivity contribution in [3.8, 4) is 5.75 Å². The molecule has 26 heavy (non-hydrogen) atoms. The molecule has 0 spiro atoms. The molecule has 2 N–H and O–H groups in total. The number of hydrogen-bond donors (Lipinski definition) is 2. The van der Waals surface area contributed by atoms with E-state index in [9.17, 15) is 4.79 Å². The normalized spacial score (nSPS) is 22.4. The van der Waals surface area contributed by atoms with Gasteiger partial charge in [-0.25, -0.2) is 5.43 Å². The lowest BCUT2D eigenvalue weighted by molar-refractivity contribution is -0.136. The molecule has 1 aromatic heterocycles. The number of nitrogens with zero attached hydrogens (tertiary/aromatic N) is 1. The standard InChI is InChI=1S/C20H25N3O2S/c1-13-8-9-26-18(13)12-23(15-6-7-15)20(24)17-11-21-22-19(17)14-4-3-5-16(10-14)25-2/h3-5,8-10,15,17,19,21-22H,6-7,11-12H2,1-2H3. The van der Waals surface area contributed by atoms with Gasteiger partial charge in [-0.05, 0) is 54.5 Å². The monoisotopic (exact) mass is 371 g/mol. The summed E-state index contributed by atoms with van der Waals surface area (Å²) in [5.41, 5.74) is 8.83. The third-order valence-electron chi connectivity index (χ3n) is 5.30. The Balaban J connectivity index is 1.55. The zero-order chi connectivity index (χ0) is 18.1. The Labute approximate surface area is 158 Å². The maximum absolute atomic E-state index is 13.4. The van der Waals surface area contributed by atoms with Crippen LogP contribution in [0.3, 0.4) is 0 Å². The SMILES string of the molecule is COc1cccc(C2NNCC2C(=O)N(Cc2sccc2C)C2CC2)c1. The number of nitrogens with one attached hydrogen (secondary N) is 2. The molecule has 2 aliphatic rings. The molecule has 5 nitrogen and oxygen atoms in total. The van der Waals surface area contributed by atoms with Crippen molar-refractivity contribution in [1.82, 2.24) is 15.8 Å². The summed E-state index contributed by atoms with van der Waals surface area (Å²) in [6.07, 6.45) is 2.24. The first-order chi connectivity index (χ1) is 12.7. The second-order valence-corrected chi connectivity index (χ2v) is 8.11. The molecule has 0 radical (unpaired) electrons. The van der Waals surface area contributed by atoms with Crippen LogP contribution in [0.25, 0.3) is 0 Å². The van der Waals surface area contributed by atoms with Crippen molar-refractivity contribution >= 4 is 17.2 Å². The first kappa shape index (κ1) is 17.5. The van der Waals surface area contributed by atoms with Gasteiger partial charge in [0.25, 0.3) is 0 Å². The van der Waals surface area contributed by atoms with E-state index < -0.39 is 0 Å². The highest BCUT2D eigenvalue weighted by molar-refractivity contribution is 7.10. The van der Waals surface area contributed by atoms with E-state index in [2.05, 4.69) is 40.2 Å². The van der Waals surface area contributed by atoms with E-state index in [0.29, 0.717) is 12.6 Å². The number of thiophene rings is 1. The van der Waals surface area contributed by atoms with Gasteiger partial charge in [0.1, 0.15) is 5.75 Å². The number of rotatable bonds is 6. The Morgan fingerprint density at radius 2 is 2.19 bits per heavy atom. The van der Waals surface area contributed by atoms with Gasteiger partial charge in [0.15, 0.2) is 0 Å². The van der Waals surface area contributed by atoms with Crippen LogP contribution in [-0.4, -0.2) is 30.5 Å². The second kappa shape index (κ2) is 7.39. The van der Waals surface area contributed by atoms with Gasteiger partial charge >= 0.3 is 0 Å². The molecular formula is C20H25N3O2S. The minimum atomic E-state index is -0.108. The fourth-order valence-corrected chi connectivity index (χ4v) is 4.49. The van der Waals surface area contributed by atoms with Gasteiger partial charge in [0.05, 0.1) is 25.6 Å². The van der Waals surface area contributed by atoms with Gasteiger partial charge in [0, 0.05) is 17.5 Å². The number of ether oxygens (including phenoxy) is 1. The highest BCUT2D eigenvalue weighted by atomic mass is 32.1. The van der Waals surface area contributed by atoms with Crippen LogP contribution in [0.15, 0.2) is 35.7 Å². The zero-order valence-electron chi connectivity index (χ0n) is 15.2. The lowest BCUT2D eigenvalue weighted by atomic mass is 9.93. The number of methoxy groups -OCH3 is 1. The molecule has 1 aliphatic heterocycles. The Morgan fingerprint density at radius 3 is 2.88 bits per heavy atom. The third-order valence-corrected chi connectivity index (χ3v) is 6.31. The Morgan fingerprint density at radius 1 is 1.35 bits per heavy atom. The highest BCUT2D eigenvalue weighted by Crippen LogP contribution is 2.35. The first-order valence-corrected chi connectivity index (χ1v) is 10.0. The van der Waals surface area contributed by atoms with E-state index in [1.54, 1.807) is 18.4 Å². The number of aryl methyl sites for hydroxylation is 1. The van der Waals surface area contributed by atoms with Crippen molar-refractivity contribution in [1.29, 1.82) is 0 Å². The van der Waals surface area contributed by atoms with Crippen LogP contribution in [0.4, 0.5) is 0 Å². The maximum Gasteiger partial charge on any atom is 0.229 e. The van der Waals surface area contributed by atoms with Crippen LogP contribution < -0.4 is 15.6 Å². The van der Waals surface area contributed by atoms with Crippen LogP contribution in [-0.2, 0) is 11.3 Å². The largest absolute Gasteiger partial charge is 0.497 e. The minimum absolute atomic E-state index is 0.0386. The molecule has 2 unspecified atom stereocenters. The number of hydrogen-bond acceptors (Lipinski definition) is 5. The van der Waals surface area contributed by atoms with Crippen LogP contribution in [0.5, 0.6) is 5.75 Å². The van der Waals surface area contributed by atoms with Crippen molar-refractivity contribution in [3.63, 3.8) is 0 Å². The second-order valence-electron chi connectivity index (χ2n) is 7.11. The predicted octanol–water partition coefficient (Wildman–Crippen LogP) is 3.02. The maximum atomic E-state index is 13.4. The molecule has 1 saturated heterocycles. The number of hydrazine groups is 1. The molecule has 1 aliphatic carbocycles. The summed E-state index contributed by atoms with van der Waals surface area (Å²) in [6.45, 7) is 3.50. The van der Waals surface area contributed by atoms with Gasteiger partial charge in [0.2, 0.25) is 5.91 Å². The summed E-state index contributed by atoms with van der Waals surface area (Å²) in [7, 11) is 1.67. The number of amides is 1. The number of carbonyl (C=O) groups is 1. The minimum Gasteiger partial charge on any atom is -0.497 e. The van der Waals surface area contributed by atoms with Crippen molar-refractivity contribution in [2.75, 3.05) is 13.7 Å². The molecule has 1 saturated carbocycles. The summed E-state index contributed by atoms with van der Waals surface area (Å²) in [4.78, 5) is 16.8. The fourth-order valence-electron chi connectivity index (χ4n) is 3.58. The first-order valence-electron chi connectivity index (χ1n) is 9.13. The van der Waals surface area contributed by atoms with Gasteiger partial charge in [-0.1, -0.05) is 12.1 Å². The topological polar surface area (TPSA) is 53.6 Å². The van der Waals surface area contributed by atoms with Crippen molar-refractivity contribution in [2.45, 2.75) is 38.4 Å². The Kier molecular flexibility index (Phi) is 4.98. The summed E-state index contributed by atoms with van der Waals surface area (Å²) in [6, 6.07) is 10.5. The molecule has 2 heterocycles. The lowest BCUT2D eigenvalue weighted by Crippen LogP contribution is -2.40. The van der Waals surface area contributed by atoms with Gasteiger partial charge in [-0.3, -0.25) is 10.2 Å². The molecule has 138 valence electrons. The van der Waals surface area contributed by atoms with Crippen molar-refractivity contribution < 1.29 is 9.53 Å². The van der Waals surface area contributed by atoms with Crippen LogP contribution in [0.1, 0.15) is 34.9 Å². The summed E-state index contributed by atoms with van der Waals surface area (Å²) in [5.74, 6) is 0.948. The highest BCUT2D eigenvalue weighted by Gasteiger charge is 2.41. The molecule has 1 amide bonds. The molecule has 1 aromatic carbocycles. The Hall–Kier alpha value is -1.89. The molecule has 2 aromatic rings.